The summed E-state index contributed by atoms with van der Waals surface area (Å²) in [5.41, 5.74) is 0.918. The van der Waals surface area contributed by atoms with Crippen LogP contribution >= 0.6 is 0 Å². The van der Waals surface area contributed by atoms with Gasteiger partial charge in [-0.05, 0) is 36.4 Å². The summed E-state index contributed by atoms with van der Waals surface area (Å²) in [5, 5.41) is 11.9. The smallest absolute Gasteiger partial charge is 0.267 e. The molecule has 1 amide bonds. The largest absolute Gasteiger partial charge is 0.373 e. The second-order valence-corrected chi connectivity index (χ2v) is 6.09. The molecule has 0 saturated carbocycles. The first kappa shape index (κ1) is 18.4. The first-order chi connectivity index (χ1) is 13.1. The Kier molecular flexibility index (Phi) is 5.67. The van der Waals surface area contributed by atoms with Gasteiger partial charge in [0.2, 0.25) is 0 Å². The maximum atomic E-state index is 13.9. The highest BCUT2D eigenvalue weighted by Crippen LogP contribution is 2.20. The molecule has 1 heterocycles. The predicted octanol–water partition coefficient (Wildman–Crippen LogP) is 3.13. The van der Waals surface area contributed by atoms with Crippen molar-refractivity contribution in [3.63, 3.8) is 0 Å². The molecule has 0 aromatic heterocycles. The van der Waals surface area contributed by atoms with Gasteiger partial charge in [0.15, 0.2) is 0 Å². The Morgan fingerprint density at radius 2 is 1.70 bits per heavy atom. The van der Waals surface area contributed by atoms with E-state index in [0.717, 1.165) is 0 Å². The van der Waals surface area contributed by atoms with Crippen LogP contribution in [0.5, 0.6) is 0 Å². The quantitative estimate of drug-likeness (QED) is 0.665. The molecule has 1 saturated heterocycles. The Morgan fingerprint density at radius 3 is 2.33 bits per heavy atom. The van der Waals surface area contributed by atoms with E-state index in [1.54, 1.807) is 18.2 Å². The molecule has 5 nitrogen and oxygen atoms in total. The van der Waals surface area contributed by atoms with Gasteiger partial charge in [-0.25, -0.2) is 8.78 Å². The van der Waals surface area contributed by atoms with E-state index >= 15 is 0 Å². The van der Waals surface area contributed by atoms with Gasteiger partial charge in [-0.15, -0.1) is 0 Å². The number of nitriles is 1. The number of hydrogen-bond donors (Lipinski definition) is 1. The van der Waals surface area contributed by atoms with E-state index in [0.29, 0.717) is 37.6 Å². The molecule has 1 N–H and O–H groups in total. The summed E-state index contributed by atoms with van der Waals surface area (Å²) in [6.45, 7) is 2.28. The Labute approximate surface area is 156 Å². The highest BCUT2D eigenvalue weighted by molar-refractivity contribution is 6.06. The summed E-state index contributed by atoms with van der Waals surface area (Å²) in [7, 11) is 0. The molecule has 0 radical (unpaired) electrons. The van der Waals surface area contributed by atoms with Crippen LogP contribution in [-0.4, -0.2) is 37.0 Å². The number of benzene rings is 2. The van der Waals surface area contributed by atoms with Crippen molar-refractivity contribution in [3.8, 4) is 6.07 Å². The zero-order valence-electron chi connectivity index (χ0n) is 14.5. The third-order valence-electron chi connectivity index (χ3n) is 4.29. The van der Waals surface area contributed by atoms with Crippen LogP contribution in [0.25, 0.3) is 0 Å². The maximum absolute atomic E-state index is 13.9. The summed E-state index contributed by atoms with van der Waals surface area (Å²) < 4.78 is 26.8. The minimum Gasteiger partial charge on any atom is -0.373 e. The fourth-order valence-electron chi connectivity index (χ4n) is 2.85. The van der Waals surface area contributed by atoms with E-state index in [1.165, 1.54) is 36.5 Å². The number of halogens is 2. The van der Waals surface area contributed by atoms with Crippen LogP contribution in [0, 0.1) is 23.0 Å². The second kappa shape index (κ2) is 8.32. The predicted molar refractivity (Wildman–Crippen MR) is 98.9 cm³/mol. The van der Waals surface area contributed by atoms with Gasteiger partial charge in [0.25, 0.3) is 5.91 Å². The molecule has 2 aromatic rings. The average molecular weight is 368 g/mol. The fourth-order valence-corrected chi connectivity index (χ4v) is 2.85. The lowest BCUT2D eigenvalue weighted by molar-refractivity contribution is -0.112. The molecule has 0 bridgehead atoms. The van der Waals surface area contributed by atoms with Crippen LogP contribution in [-0.2, 0) is 4.79 Å². The van der Waals surface area contributed by atoms with Crippen molar-refractivity contribution in [2.45, 2.75) is 0 Å². The highest BCUT2D eigenvalue weighted by atomic mass is 19.1. The van der Waals surface area contributed by atoms with E-state index in [-0.39, 0.29) is 11.4 Å². The number of hydrogen-bond acceptors (Lipinski definition) is 4. The summed E-state index contributed by atoms with van der Waals surface area (Å²) in [5.74, 6) is -1.23. The van der Waals surface area contributed by atoms with Crippen molar-refractivity contribution in [1.29, 1.82) is 5.26 Å². The second-order valence-electron chi connectivity index (χ2n) is 6.09. The maximum Gasteiger partial charge on any atom is 0.267 e. The van der Waals surface area contributed by atoms with Gasteiger partial charge in [0.05, 0.1) is 5.69 Å². The number of nitrogens with one attached hydrogen (secondary N) is 1. The number of carbonyl (C=O) groups excluding carboxylic acids is 1. The van der Waals surface area contributed by atoms with Crippen molar-refractivity contribution in [1.82, 2.24) is 4.90 Å². The van der Waals surface area contributed by atoms with Crippen molar-refractivity contribution in [2.75, 3.05) is 36.4 Å². The van der Waals surface area contributed by atoms with E-state index in [4.69, 9.17) is 0 Å². The monoisotopic (exact) mass is 368 g/mol. The molecule has 2 aromatic carbocycles. The van der Waals surface area contributed by atoms with E-state index in [1.807, 2.05) is 15.9 Å². The van der Waals surface area contributed by atoms with Crippen molar-refractivity contribution in [3.05, 3.63) is 71.9 Å². The zero-order chi connectivity index (χ0) is 19.2. The number of anilines is 2. The third kappa shape index (κ3) is 4.61. The number of para-hydroxylation sites is 1. The van der Waals surface area contributed by atoms with Crippen LogP contribution < -0.4 is 10.2 Å². The van der Waals surface area contributed by atoms with Crippen LogP contribution in [0.2, 0.25) is 0 Å². The standard InChI is InChI=1S/C20H18F2N4O/c21-16-5-7-17(8-6-16)24-20(27)15(13-23)14-25-9-11-26(12-10-25)19-4-2-1-3-18(19)22/h1-8,14H,9-12H2,(H,24,27)/b15-14-. The Balaban J connectivity index is 1.61. The molecule has 0 atom stereocenters. The summed E-state index contributed by atoms with van der Waals surface area (Å²) in [6, 6.07) is 13.8. The molecule has 1 fully saturated rings. The molecular formula is C20H18F2N4O. The molecule has 1 aliphatic rings. The molecule has 1 aliphatic heterocycles. The lowest BCUT2D eigenvalue weighted by atomic mass is 10.2. The zero-order valence-corrected chi connectivity index (χ0v) is 14.5. The summed E-state index contributed by atoms with van der Waals surface area (Å²) in [4.78, 5) is 16.0. The fraction of sp³-hybridized carbons (Fsp3) is 0.200. The highest BCUT2D eigenvalue weighted by Gasteiger charge is 2.19. The van der Waals surface area contributed by atoms with Gasteiger partial charge in [-0.3, -0.25) is 4.79 Å². The summed E-state index contributed by atoms with van der Waals surface area (Å²) in [6.07, 6.45) is 1.51. The van der Waals surface area contributed by atoms with Gasteiger partial charge in [0.1, 0.15) is 23.3 Å². The number of nitrogens with zero attached hydrogens (tertiary/aromatic N) is 3. The lowest BCUT2D eigenvalue weighted by Crippen LogP contribution is -2.44. The van der Waals surface area contributed by atoms with Crippen LogP contribution in [0.3, 0.4) is 0 Å². The molecule has 27 heavy (non-hydrogen) atoms. The number of rotatable bonds is 4. The van der Waals surface area contributed by atoms with Crippen molar-refractivity contribution >= 4 is 17.3 Å². The van der Waals surface area contributed by atoms with Crippen molar-refractivity contribution < 1.29 is 13.6 Å². The minimum atomic E-state index is -0.555. The van der Waals surface area contributed by atoms with Crippen LogP contribution in [0.1, 0.15) is 0 Å². The molecule has 138 valence electrons. The molecule has 7 heteroatoms. The molecule has 0 unspecified atom stereocenters. The topological polar surface area (TPSA) is 59.4 Å². The number of piperazine rings is 1. The first-order valence-corrected chi connectivity index (χ1v) is 8.49. The number of carbonyl (C=O) groups is 1. The minimum absolute atomic E-state index is 0.0429. The Morgan fingerprint density at radius 1 is 1.04 bits per heavy atom. The average Bonchev–Trinajstić information content (AvgIpc) is 2.69. The van der Waals surface area contributed by atoms with E-state index in [9.17, 15) is 18.8 Å². The van der Waals surface area contributed by atoms with Crippen molar-refractivity contribution in [2.24, 2.45) is 0 Å². The molecule has 0 spiro atoms. The SMILES string of the molecule is N#C/C(=C/N1CCN(c2ccccc2F)CC1)C(=O)Nc1ccc(F)cc1. The van der Waals surface area contributed by atoms with Gasteiger partial charge in [-0.2, -0.15) is 5.26 Å². The Hall–Kier alpha value is -3.40. The van der Waals surface area contributed by atoms with E-state index < -0.39 is 11.7 Å². The first-order valence-electron chi connectivity index (χ1n) is 8.49. The van der Waals surface area contributed by atoms with Crippen LogP contribution in [0.15, 0.2) is 60.3 Å². The van der Waals surface area contributed by atoms with Crippen LogP contribution in [0.4, 0.5) is 20.2 Å². The molecule has 3 rings (SSSR count). The number of amides is 1. The van der Waals surface area contributed by atoms with Gasteiger partial charge >= 0.3 is 0 Å². The van der Waals surface area contributed by atoms with E-state index in [2.05, 4.69) is 5.32 Å². The Bertz CT molecular complexity index is 882. The third-order valence-corrected chi connectivity index (χ3v) is 4.29. The molecule has 0 aliphatic carbocycles. The van der Waals surface area contributed by atoms with Gasteiger partial charge in [-0.1, -0.05) is 12.1 Å². The lowest BCUT2D eigenvalue weighted by Gasteiger charge is -2.35. The van der Waals surface area contributed by atoms with Gasteiger partial charge in [0, 0.05) is 38.1 Å². The summed E-state index contributed by atoms with van der Waals surface area (Å²) >= 11 is 0. The molecular weight excluding hydrogens is 350 g/mol. The van der Waals surface area contributed by atoms with Gasteiger partial charge < -0.3 is 15.1 Å². The normalized spacial score (nSPS) is 14.6.